The van der Waals surface area contributed by atoms with Crippen molar-refractivity contribution in [3.63, 3.8) is 0 Å². The second kappa shape index (κ2) is 5.00. The molecule has 0 bridgehead atoms. The number of nitrogens with one attached hydrogen (secondary N) is 1. The number of pyridine rings is 1. The third kappa shape index (κ3) is 2.27. The van der Waals surface area contributed by atoms with Gasteiger partial charge in [0.2, 0.25) is 0 Å². The van der Waals surface area contributed by atoms with Crippen LogP contribution >= 0.6 is 0 Å². The fourth-order valence-electron chi connectivity index (χ4n) is 2.50. The Morgan fingerprint density at radius 1 is 1.10 bits per heavy atom. The number of nitrogens with zero attached hydrogens (tertiary/aromatic N) is 2. The zero-order valence-corrected chi connectivity index (χ0v) is 12.1. The molecule has 0 atom stereocenters. The molecule has 0 amide bonds. The zero-order valence-electron chi connectivity index (χ0n) is 12.1. The Morgan fingerprint density at radius 3 is 2.60 bits per heavy atom. The van der Waals surface area contributed by atoms with E-state index < -0.39 is 0 Å². The van der Waals surface area contributed by atoms with Gasteiger partial charge in [0.15, 0.2) is 0 Å². The molecule has 2 aromatic heterocycles. The summed E-state index contributed by atoms with van der Waals surface area (Å²) in [4.78, 5) is 4.65. The molecule has 1 aromatic carbocycles. The molecule has 1 N–H and O–H groups in total. The molecule has 3 rings (SSSR count). The van der Waals surface area contributed by atoms with Gasteiger partial charge in [-0.25, -0.2) is 4.98 Å². The van der Waals surface area contributed by atoms with Crippen molar-refractivity contribution in [2.45, 2.75) is 20.4 Å². The largest absolute Gasteiger partial charge is 0.366 e. The lowest BCUT2D eigenvalue weighted by Crippen LogP contribution is -2.02. The van der Waals surface area contributed by atoms with Crippen molar-refractivity contribution in [3.05, 3.63) is 59.4 Å². The van der Waals surface area contributed by atoms with Crippen LogP contribution in [0.15, 0.2) is 42.5 Å². The smallest absolute Gasteiger partial charge is 0.128 e. The molecule has 3 nitrogen and oxygen atoms in total. The molecule has 2 heterocycles. The maximum Gasteiger partial charge on any atom is 0.128 e. The predicted molar refractivity (Wildman–Crippen MR) is 84.0 cm³/mol. The summed E-state index contributed by atoms with van der Waals surface area (Å²) in [6.07, 6.45) is 0. The number of benzene rings is 1. The summed E-state index contributed by atoms with van der Waals surface area (Å²) in [6.45, 7) is 4.98. The number of aryl methyl sites for hydroxylation is 3. The molecule has 0 aliphatic rings. The minimum absolute atomic E-state index is 0.794. The molecule has 0 aliphatic carbocycles. The average Bonchev–Trinajstić information content (AvgIpc) is 2.75. The summed E-state index contributed by atoms with van der Waals surface area (Å²) in [7, 11) is 2.10. The Hall–Kier alpha value is -2.29. The van der Waals surface area contributed by atoms with Crippen LogP contribution in [0.25, 0.3) is 10.9 Å². The van der Waals surface area contributed by atoms with E-state index in [0.29, 0.717) is 0 Å². The number of rotatable bonds is 3. The highest BCUT2D eigenvalue weighted by Crippen LogP contribution is 2.23. The van der Waals surface area contributed by atoms with E-state index in [0.717, 1.165) is 18.1 Å². The van der Waals surface area contributed by atoms with Crippen LogP contribution in [0.1, 0.15) is 17.0 Å². The molecule has 3 aromatic rings. The lowest BCUT2D eigenvalue weighted by Gasteiger charge is -2.08. The van der Waals surface area contributed by atoms with Crippen LogP contribution in [0.4, 0.5) is 5.82 Å². The van der Waals surface area contributed by atoms with Crippen molar-refractivity contribution in [2.75, 3.05) is 5.32 Å². The Kier molecular flexibility index (Phi) is 3.18. The van der Waals surface area contributed by atoms with E-state index in [4.69, 9.17) is 0 Å². The minimum atomic E-state index is 0.794. The summed E-state index contributed by atoms with van der Waals surface area (Å²) >= 11 is 0. The van der Waals surface area contributed by atoms with Gasteiger partial charge in [0.25, 0.3) is 0 Å². The lowest BCUT2D eigenvalue weighted by atomic mass is 10.2. The van der Waals surface area contributed by atoms with Crippen molar-refractivity contribution in [3.8, 4) is 0 Å². The maximum absolute atomic E-state index is 4.65. The minimum Gasteiger partial charge on any atom is -0.366 e. The standard InChI is InChI=1S/C17H19N3/c1-12-9-15-13(2)19-17(10-16(15)20(12)3)18-11-14-7-5-4-6-8-14/h4-10H,11H2,1-3H3,(H,18,19). The van der Waals surface area contributed by atoms with E-state index in [1.165, 1.54) is 22.2 Å². The summed E-state index contributed by atoms with van der Waals surface area (Å²) in [5, 5.41) is 4.64. The molecular formula is C17H19N3. The molecule has 0 saturated heterocycles. The van der Waals surface area contributed by atoms with E-state index in [1.54, 1.807) is 0 Å². The fourth-order valence-corrected chi connectivity index (χ4v) is 2.50. The number of fused-ring (bicyclic) bond motifs is 1. The molecule has 0 fully saturated rings. The summed E-state index contributed by atoms with van der Waals surface area (Å²) in [5.74, 6) is 0.931. The van der Waals surface area contributed by atoms with Crippen LogP contribution in [0, 0.1) is 13.8 Å². The van der Waals surface area contributed by atoms with Gasteiger partial charge >= 0.3 is 0 Å². The molecule has 0 aliphatic heterocycles. The van der Waals surface area contributed by atoms with Crippen molar-refractivity contribution in [2.24, 2.45) is 7.05 Å². The van der Waals surface area contributed by atoms with E-state index in [1.807, 2.05) is 6.07 Å². The van der Waals surface area contributed by atoms with E-state index in [2.05, 4.69) is 72.2 Å². The van der Waals surface area contributed by atoms with Gasteiger partial charge in [0.1, 0.15) is 5.82 Å². The van der Waals surface area contributed by atoms with E-state index >= 15 is 0 Å². The van der Waals surface area contributed by atoms with Gasteiger partial charge in [-0.2, -0.15) is 0 Å². The second-order valence-electron chi connectivity index (χ2n) is 5.21. The number of hydrogen-bond acceptors (Lipinski definition) is 2. The first-order valence-corrected chi connectivity index (χ1v) is 6.86. The zero-order chi connectivity index (χ0) is 14.1. The summed E-state index contributed by atoms with van der Waals surface area (Å²) in [5.41, 5.74) is 4.81. The highest BCUT2D eigenvalue weighted by molar-refractivity contribution is 5.85. The van der Waals surface area contributed by atoms with Crippen LogP contribution in [0.2, 0.25) is 0 Å². The van der Waals surface area contributed by atoms with Crippen LogP contribution in [-0.2, 0) is 13.6 Å². The van der Waals surface area contributed by atoms with Crippen LogP contribution in [-0.4, -0.2) is 9.55 Å². The van der Waals surface area contributed by atoms with Crippen molar-refractivity contribution >= 4 is 16.7 Å². The molecular weight excluding hydrogens is 246 g/mol. The van der Waals surface area contributed by atoms with Gasteiger partial charge in [0.05, 0.1) is 5.52 Å². The fraction of sp³-hybridized carbons (Fsp3) is 0.235. The molecule has 20 heavy (non-hydrogen) atoms. The van der Waals surface area contributed by atoms with E-state index in [-0.39, 0.29) is 0 Å². The Morgan fingerprint density at radius 2 is 1.85 bits per heavy atom. The van der Waals surface area contributed by atoms with Crippen molar-refractivity contribution in [1.82, 2.24) is 9.55 Å². The second-order valence-corrected chi connectivity index (χ2v) is 5.21. The molecule has 0 radical (unpaired) electrons. The molecule has 0 unspecified atom stereocenters. The first-order chi connectivity index (χ1) is 9.65. The Bertz CT molecular complexity index is 742. The third-order valence-corrected chi connectivity index (χ3v) is 3.79. The van der Waals surface area contributed by atoms with E-state index in [9.17, 15) is 0 Å². The van der Waals surface area contributed by atoms with Gasteiger partial charge in [-0.1, -0.05) is 30.3 Å². The van der Waals surface area contributed by atoms with Crippen LogP contribution < -0.4 is 5.32 Å². The average molecular weight is 265 g/mol. The number of hydrogen-bond donors (Lipinski definition) is 1. The molecule has 0 saturated carbocycles. The van der Waals surface area contributed by atoms with Gasteiger partial charge < -0.3 is 9.88 Å². The predicted octanol–water partition coefficient (Wildman–Crippen LogP) is 3.80. The topological polar surface area (TPSA) is 29.9 Å². The first kappa shape index (κ1) is 12.7. The number of aromatic nitrogens is 2. The normalized spacial score (nSPS) is 10.9. The Labute approximate surface area is 119 Å². The lowest BCUT2D eigenvalue weighted by molar-refractivity contribution is 0.917. The molecule has 3 heteroatoms. The van der Waals surface area contributed by atoms with Crippen molar-refractivity contribution < 1.29 is 0 Å². The SMILES string of the molecule is Cc1nc(NCc2ccccc2)cc2c1cc(C)n2C. The van der Waals surface area contributed by atoms with Crippen LogP contribution in [0.5, 0.6) is 0 Å². The maximum atomic E-state index is 4.65. The molecule has 0 spiro atoms. The van der Waals surface area contributed by atoms with Gasteiger partial charge in [0, 0.05) is 36.4 Å². The number of anilines is 1. The first-order valence-electron chi connectivity index (χ1n) is 6.86. The third-order valence-electron chi connectivity index (χ3n) is 3.79. The van der Waals surface area contributed by atoms with Crippen LogP contribution in [0.3, 0.4) is 0 Å². The highest BCUT2D eigenvalue weighted by atomic mass is 15.0. The van der Waals surface area contributed by atoms with Crippen molar-refractivity contribution in [1.29, 1.82) is 0 Å². The highest BCUT2D eigenvalue weighted by Gasteiger charge is 2.08. The quantitative estimate of drug-likeness (QED) is 0.780. The van der Waals surface area contributed by atoms with Gasteiger partial charge in [-0.15, -0.1) is 0 Å². The van der Waals surface area contributed by atoms with Gasteiger partial charge in [-0.3, -0.25) is 0 Å². The monoisotopic (exact) mass is 265 g/mol. The molecule has 102 valence electrons. The summed E-state index contributed by atoms with van der Waals surface area (Å²) in [6, 6.07) is 14.7. The summed E-state index contributed by atoms with van der Waals surface area (Å²) < 4.78 is 2.21. The van der Waals surface area contributed by atoms with Gasteiger partial charge in [-0.05, 0) is 25.5 Å². The Balaban J connectivity index is 1.91.